The molecule has 0 saturated carbocycles. The molecule has 0 unspecified atom stereocenters. The molecule has 27 heavy (non-hydrogen) atoms. The van der Waals surface area contributed by atoms with Crippen LogP contribution in [0.25, 0.3) is 5.65 Å². The molecule has 1 aliphatic rings. The summed E-state index contributed by atoms with van der Waals surface area (Å²) >= 11 is 0. The second-order valence-electron chi connectivity index (χ2n) is 7.23. The molecule has 1 amide bonds. The number of likely N-dealkylation sites (tertiary alicyclic amines) is 1. The van der Waals surface area contributed by atoms with Crippen molar-refractivity contribution in [1.82, 2.24) is 14.3 Å². The standard InChI is InChI=1S/C22H25N3O2/c1-16-11-13-24-15-19(23-21(24)14-16)22(26)25-12-5-3-4-6-20(25)17-7-9-18(27-2)10-8-17/h7-11,13-15,20H,3-6,12H2,1-2H3/t20-/m0/s1. The molecule has 1 fully saturated rings. The molecule has 3 aromatic rings. The number of carbonyl (C=O) groups is 1. The molecular weight excluding hydrogens is 338 g/mol. The first-order valence-corrected chi connectivity index (χ1v) is 9.56. The van der Waals surface area contributed by atoms with Gasteiger partial charge >= 0.3 is 0 Å². The summed E-state index contributed by atoms with van der Waals surface area (Å²) in [6.07, 6.45) is 8.09. The number of nitrogens with zero attached hydrogens (tertiary/aromatic N) is 3. The normalized spacial score (nSPS) is 17.7. The van der Waals surface area contributed by atoms with Gasteiger partial charge in [-0.25, -0.2) is 4.98 Å². The molecule has 0 N–H and O–H groups in total. The molecule has 1 aromatic carbocycles. The lowest BCUT2D eigenvalue weighted by molar-refractivity contribution is 0.0675. The van der Waals surface area contributed by atoms with Crippen molar-refractivity contribution < 1.29 is 9.53 Å². The first-order chi connectivity index (χ1) is 13.2. The van der Waals surface area contributed by atoms with Crippen LogP contribution in [0.2, 0.25) is 0 Å². The van der Waals surface area contributed by atoms with E-state index in [0.717, 1.165) is 54.8 Å². The van der Waals surface area contributed by atoms with Crippen LogP contribution in [0.5, 0.6) is 5.75 Å². The Balaban J connectivity index is 1.66. The van der Waals surface area contributed by atoms with Gasteiger partial charge in [-0.1, -0.05) is 25.0 Å². The van der Waals surface area contributed by atoms with Gasteiger partial charge in [0.05, 0.1) is 13.2 Å². The van der Waals surface area contributed by atoms with Gasteiger partial charge < -0.3 is 14.0 Å². The minimum absolute atomic E-state index is 0.0130. The lowest BCUT2D eigenvalue weighted by atomic mass is 10.0. The number of aryl methyl sites for hydroxylation is 1. The Hall–Kier alpha value is -2.82. The molecule has 5 heteroatoms. The summed E-state index contributed by atoms with van der Waals surface area (Å²) in [5, 5.41) is 0. The number of carbonyl (C=O) groups excluding carboxylic acids is 1. The van der Waals surface area contributed by atoms with Gasteiger partial charge in [0.25, 0.3) is 5.91 Å². The summed E-state index contributed by atoms with van der Waals surface area (Å²) in [4.78, 5) is 19.9. The van der Waals surface area contributed by atoms with Crippen LogP contribution < -0.4 is 4.74 Å². The van der Waals surface area contributed by atoms with Crippen molar-refractivity contribution in [3.05, 3.63) is 65.6 Å². The van der Waals surface area contributed by atoms with Gasteiger partial charge in [-0.3, -0.25) is 4.79 Å². The maximum Gasteiger partial charge on any atom is 0.274 e. The molecule has 1 aliphatic heterocycles. The molecule has 2 aromatic heterocycles. The molecule has 5 nitrogen and oxygen atoms in total. The number of rotatable bonds is 3. The quantitative estimate of drug-likeness (QED) is 0.692. The lowest BCUT2D eigenvalue weighted by Crippen LogP contribution is -2.35. The van der Waals surface area contributed by atoms with Crippen LogP contribution in [0.4, 0.5) is 0 Å². The van der Waals surface area contributed by atoms with Crippen LogP contribution in [0.1, 0.15) is 53.3 Å². The van der Waals surface area contributed by atoms with E-state index in [9.17, 15) is 4.79 Å². The number of methoxy groups -OCH3 is 1. The molecule has 1 atom stereocenters. The Bertz CT molecular complexity index is 946. The number of benzene rings is 1. The SMILES string of the molecule is COc1ccc([C@@H]2CCCCCN2C(=O)c2cn3ccc(C)cc3n2)cc1. The lowest BCUT2D eigenvalue weighted by Gasteiger charge is -2.30. The smallest absolute Gasteiger partial charge is 0.274 e. The molecule has 0 bridgehead atoms. The fourth-order valence-corrected chi connectivity index (χ4v) is 3.86. The van der Waals surface area contributed by atoms with E-state index in [1.807, 2.05) is 52.9 Å². The average molecular weight is 363 g/mol. The highest BCUT2D eigenvalue weighted by atomic mass is 16.5. The molecule has 0 aliphatic carbocycles. The molecule has 0 radical (unpaired) electrons. The Kier molecular flexibility index (Phi) is 4.84. The van der Waals surface area contributed by atoms with E-state index in [1.54, 1.807) is 7.11 Å². The van der Waals surface area contributed by atoms with Crippen LogP contribution in [-0.2, 0) is 0 Å². The summed E-state index contributed by atoms with van der Waals surface area (Å²) < 4.78 is 7.19. The number of hydrogen-bond acceptors (Lipinski definition) is 3. The van der Waals surface area contributed by atoms with E-state index in [4.69, 9.17) is 4.74 Å². The predicted molar refractivity (Wildman–Crippen MR) is 105 cm³/mol. The number of ether oxygens (including phenoxy) is 1. The van der Waals surface area contributed by atoms with Gasteiger partial charge in [-0.15, -0.1) is 0 Å². The zero-order valence-corrected chi connectivity index (χ0v) is 15.9. The van der Waals surface area contributed by atoms with E-state index in [1.165, 1.54) is 0 Å². The molecule has 140 valence electrons. The zero-order valence-electron chi connectivity index (χ0n) is 15.9. The Morgan fingerprint density at radius 3 is 2.74 bits per heavy atom. The van der Waals surface area contributed by atoms with E-state index in [2.05, 4.69) is 17.1 Å². The Morgan fingerprint density at radius 1 is 1.15 bits per heavy atom. The van der Waals surface area contributed by atoms with Crippen LogP contribution >= 0.6 is 0 Å². The number of fused-ring (bicyclic) bond motifs is 1. The van der Waals surface area contributed by atoms with Gasteiger partial charge in [-0.05, 0) is 55.2 Å². The van der Waals surface area contributed by atoms with Gasteiger partial charge in [0.15, 0.2) is 0 Å². The van der Waals surface area contributed by atoms with Crippen LogP contribution in [0.15, 0.2) is 48.8 Å². The van der Waals surface area contributed by atoms with Gasteiger partial charge in [0.2, 0.25) is 0 Å². The number of hydrogen-bond donors (Lipinski definition) is 0. The number of pyridine rings is 1. The number of imidazole rings is 1. The van der Waals surface area contributed by atoms with Crippen molar-refractivity contribution in [2.24, 2.45) is 0 Å². The first kappa shape index (κ1) is 17.6. The van der Waals surface area contributed by atoms with E-state index in [-0.39, 0.29) is 11.9 Å². The maximum atomic E-state index is 13.3. The Labute approximate surface area is 159 Å². The van der Waals surface area contributed by atoms with Gasteiger partial charge in [0, 0.05) is 18.9 Å². The fraction of sp³-hybridized carbons (Fsp3) is 0.364. The molecule has 3 heterocycles. The monoisotopic (exact) mass is 363 g/mol. The minimum atomic E-state index is 0.0130. The highest BCUT2D eigenvalue weighted by molar-refractivity contribution is 5.93. The predicted octanol–water partition coefficient (Wildman–Crippen LogP) is 4.41. The fourth-order valence-electron chi connectivity index (χ4n) is 3.86. The molecular formula is C22H25N3O2. The van der Waals surface area contributed by atoms with Crippen molar-refractivity contribution in [1.29, 1.82) is 0 Å². The van der Waals surface area contributed by atoms with Crippen molar-refractivity contribution >= 4 is 11.6 Å². The van der Waals surface area contributed by atoms with E-state index in [0.29, 0.717) is 5.69 Å². The van der Waals surface area contributed by atoms with Crippen molar-refractivity contribution in [2.75, 3.05) is 13.7 Å². The van der Waals surface area contributed by atoms with Crippen molar-refractivity contribution in [2.45, 2.75) is 38.6 Å². The highest BCUT2D eigenvalue weighted by Gasteiger charge is 2.29. The minimum Gasteiger partial charge on any atom is -0.497 e. The average Bonchev–Trinajstić information content (AvgIpc) is 2.95. The van der Waals surface area contributed by atoms with Gasteiger partial charge in [0.1, 0.15) is 17.1 Å². The van der Waals surface area contributed by atoms with Crippen molar-refractivity contribution in [3.8, 4) is 5.75 Å². The van der Waals surface area contributed by atoms with Crippen molar-refractivity contribution in [3.63, 3.8) is 0 Å². The topological polar surface area (TPSA) is 46.8 Å². The molecule has 4 rings (SSSR count). The summed E-state index contributed by atoms with van der Waals surface area (Å²) in [5.41, 5.74) is 3.62. The number of aromatic nitrogens is 2. The van der Waals surface area contributed by atoms with E-state index >= 15 is 0 Å². The van der Waals surface area contributed by atoms with E-state index < -0.39 is 0 Å². The van der Waals surface area contributed by atoms with Crippen LogP contribution in [0, 0.1) is 6.92 Å². The second kappa shape index (κ2) is 7.43. The Morgan fingerprint density at radius 2 is 1.96 bits per heavy atom. The first-order valence-electron chi connectivity index (χ1n) is 9.56. The van der Waals surface area contributed by atoms with Crippen LogP contribution in [-0.4, -0.2) is 33.8 Å². The molecule has 0 spiro atoms. The summed E-state index contributed by atoms with van der Waals surface area (Å²) in [6.45, 7) is 2.80. The highest BCUT2D eigenvalue weighted by Crippen LogP contribution is 2.32. The third-order valence-corrected chi connectivity index (χ3v) is 5.35. The molecule has 1 saturated heterocycles. The third kappa shape index (κ3) is 3.54. The summed E-state index contributed by atoms with van der Waals surface area (Å²) in [5.74, 6) is 0.847. The van der Waals surface area contributed by atoms with Crippen LogP contribution in [0.3, 0.4) is 0 Å². The van der Waals surface area contributed by atoms with Gasteiger partial charge in [-0.2, -0.15) is 0 Å². The summed E-state index contributed by atoms with van der Waals surface area (Å²) in [6, 6.07) is 12.2. The summed E-state index contributed by atoms with van der Waals surface area (Å²) in [7, 11) is 1.67. The third-order valence-electron chi connectivity index (χ3n) is 5.35. The zero-order chi connectivity index (χ0) is 18.8. The number of amides is 1. The maximum absolute atomic E-state index is 13.3. The largest absolute Gasteiger partial charge is 0.497 e. The second-order valence-corrected chi connectivity index (χ2v) is 7.23.